The molecule has 0 spiro atoms. The number of halogens is 1. The van der Waals surface area contributed by atoms with E-state index in [0.29, 0.717) is 5.69 Å². The normalized spacial score (nSPS) is 10.0. The van der Waals surface area contributed by atoms with Crippen molar-refractivity contribution in [1.82, 2.24) is 9.80 Å². The smallest absolute Gasteiger partial charge is 0.321 e. The Hall–Kier alpha value is -2.28. The van der Waals surface area contributed by atoms with Crippen LogP contribution in [0.1, 0.15) is 16.8 Å². The molecule has 120 valence electrons. The maximum absolute atomic E-state index is 12.3. The topological polar surface area (TPSA) is 90.0 Å². The summed E-state index contributed by atoms with van der Waals surface area (Å²) in [5.41, 5.74) is 0.629. The number of hydrogen-bond donors (Lipinski definition) is 2. The third-order valence-electron chi connectivity index (χ3n) is 2.86. The van der Waals surface area contributed by atoms with Crippen molar-refractivity contribution in [3.05, 3.63) is 28.8 Å². The van der Waals surface area contributed by atoms with Gasteiger partial charge in [-0.25, -0.2) is 4.79 Å². The van der Waals surface area contributed by atoms with Crippen LogP contribution in [0, 0.1) is 0 Å². The molecule has 0 aromatic heterocycles. The summed E-state index contributed by atoms with van der Waals surface area (Å²) >= 11 is 6.01. The Balaban J connectivity index is 2.91. The molecule has 1 aromatic rings. The van der Waals surface area contributed by atoms with Crippen LogP contribution in [0.15, 0.2) is 18.2 Å². The van der Waals surface area contributed by atoms with E-state index in [1.807, 2.05) is 0 Å². The Morgan fingerprint density at radius 2 is 1.86 bits per heavy atom. The van der Waals surface area contributed by atoms with Crippen molar-refractivity contribution >= 4 is 35.2 Å². The van der Waals surface area contributed by atoms with Crippen LogP contribution in [-0.2, 0) is 4.79 Å². The van der Waals surface area contributed by atoms with Crippen molar-refractivity contribution in [2.75, 3.05) is 33.0 Å². The molecule has 0 aliphatic carbocycles. The fraction of sp³-hybridized carbons (Fsp3) is 0.357. The lowest BCUT2D eigenvalue weighted by Crippen LogP contribution is -2.30. The van der Waals surface area contributed by atoms with Crippen LogP contribution in [0.4, 0.5) is 10.5 Å². The number of carboxylic acid groups (broad SMARTS) is 1. The summed E-state index contributed by atoms with van der Waals surface area (Å²) in [6.45, 7) is 0.0682. The maximum Gasteiger partial charge on any atom is 0.321 e. The van der Waals surface area contributed by atoms with Crippen molar-refractivity contribution in [3.63, 3.8) is 0 Å². The van der Waals surface area contributed by atoms with Crippen molar-refractivity contribution < 1.29 is 19.5 Å². The predicted molar refractivity (Wildman–Crippen MR) is 83.4 cm³/mol. The average Bonchev–Trinajstić information content (AvgIpc) is 2.45. The number of carbonyl (C=O) groups is 3. The molecule has 1 rings (SSSR count). The first-order valence-electron chi connectivity index (χ1n) is 6.47. The molecule has 22 heavy (non-hydrogen) atoms. The number of anilines is 1. The van der Waals surface area contributed by atoms with Gasteiger partial charge < -0.3 is 20.2 Å². The number of nitrogens with one attached hydrogen (secondary N) is 1. The van der Waals surface area contributed by atoms with Crippen LogP contribution in [0.5, 0.6) is 0 Å². The molecule has 0 aliphatic rings. The van der Waals surface area contributed by atoms with E-state index in [4.69, 9.17) is 16.7 Å². The molecule has 0 fully saturated rings. The Morgan fingerprint density at radius 1 is 1.23 bits per heavy atom. The van der Waals surface area contributed by atoms with Crippen LogP contribution in [0.2, 0.25) is 5.02 Å². The first-order chi connectivity index (χ1) is 10.2. The van der Waals surface area contributed by atoms with Crippen LogP contribution in [-0.4, -0.2) is 60.5 Å². The third-order valence-corrected chi connectivity index (χ3v) is 3.19. The number of urea groups is 1. The van der Waals surface area contributed by atoms with Gasteiger partial charge in [0, 0.05) is 33.4 Å². The number of carbonyl (C=O) groups excluding carboxylic acids is 2. The van der Waals surface area contributed by atoms with Gasteiger partial charge in [0.2, 0.25) is 0 Å². The van der Waals surface area contributed by atoms with Gasteiger partial charge in [-0.1, -0.05) is 11.6 Å². The minimum Gasteiger partial charge on any atom is -0.481 e. The quantitative estimate of drug-likeness (QED) is 0.865. The Kier molecular flexibility index (Phi) is 6.18. The zero-order valence-corrected chi connectivity index (χ0v) is 13.3. The van der Waals surface area contributed by atoms with E-state index in [9.17, 15) is 14.4 Å². The molecule has 0 radical (unpaired) electrons. The number of benzene rings is 1. The Bertz CT molecular complexity index is 589. The lowest BCUT2D eigenvalue weighted by Gasteiger charge is -2.18. The molecule has 1 aromatic carbocycles. The molecule has 0 saturated carbocycles. The van der Waals surface area contributed by atoms with Crippen molar-refractivity contribution in [2.24, 2.45) is 0 Å². The molecule has 3 amide bonds. The van der Waals surface area contributed by atoms with Gasteiger partial charge in [0.15, 0.2) is 0 Å². The lowest BCUT2D eigenvalue weighted by molar-refractivity contribution is -0.137. The summed E-state index contributed by atoms with van der Waals surface area (Å²) in [6.07, 6.45) is -0.156. The second-order valence-electron chi connectivity index (χ2n) is 4.89. The first kappa shape index (κ1) is 17.8. The molecule has 0 aliphatic heterocycles. The molecule has 0 heterocycles. The fourth-order valence-corrected chi connectivity index (χ4v) is 1.77. The summed E-state index contributed by atoms with van der Waals surface area (Å²) in [7, 11) is 4.68. The Labute approximate surface area is 133 Å². The van der Waals surface area contributed by atoms with Crippen molar-refractivity contribution in [1.29, 1.82) is 0 Å². The first-order valence-corrected chi connectivity index (χ1v) is 6.85. The summed E-state index contributed by atoms with van der Waals surface area (Å²) in [4.78, 5) is 37.1. The van der Waals surface area contributed by atoms with Gasteiger partial charge >= 0.3 is 12.0 Å². The summed E-state index contributed by atoms with van der Waals surface area (Å²) in [5, 5.41) is 11.5. The van der Waals surface area contributed by atoms with E-state index in [-0.39, 0.29) is 29.6 Å². The summed E-state index contributed by atoms with van der Waals surface area (Å²) in [6, 6.07) is 4.21. The van der Waals surface area contributed by atoms with Gasteiger partial charge in [-0.05, 0) is 18.2 Å². The summed E-state index contributed by atoms with van der Waals surface area (Å²) in [5.74, 6) is -1.40. The van der Waals surface area contributed by atoms with Gasteiger partial charge in [0.25, 0.3) is 5.91 Å². The van der Waals surface area contributed by atoms with E-state index in [2.05, 4.69) is 5.32 Å². The molecule has 0 bridgehead atoms. The molecule has 0 unspecified atom stereocenters. The maximum atomic E-state index is 12.3. The molecular formula is C14H18ClN3O4. The standard InChI is InChI=1S/C14H18ClN3O4/c1-17(2)14(22)16-9-4-5-11(15)10(8-9)13(21)18(3)7-6-12(19)20/h4-5,8H,6-7H2,1-3H3,(H,16,22)(H,19,20). The molecule has 8 heteroatoms. The highest BCUT2D eigenvalue weighted by Crippen LogP contribution is 2.22. The van der Waals surface area contributed by atoms with Crippen LogP contribution >= 0.6 is 11.6 Å². The average molecular weight is 328 g/mol. The van der Waals surface area contributed by atoms with Crippen LogP contribution in [0.3, 0.4) is 0 Å². The molecule has 0 saturated heterocycles. The largest absolute Gasteiger partial charge is 0.481 e. The second kappa shape index (κ2) is 7.65. The summed E-state index contributed by atoms with van der Waals surface area (Å²) < 4.78 is 0. The highest BCUT2D eigenvalue weighted by molar-refractivity contribution is 6.34. The van der Waals surface area contributed by atoms with Crippen molar-refractivity contribution in [3.8, 4) is 0 Å². The van der Waals surface area contributed by atoms with Crippen molar-refractivity contribution in [2.45, 2.75) is 6.42 Å². The number of rotatable bonds is 5. The van der Waals surface area contributed by atoms with Crippen LogP contribution < -0.4 is 5.32 Å². The zero-order chi connectivity index (χ0) is 16.9. The van der Waals surface area contributed by atoms with Gasteiger partial charge in [0.05, 0.1) is 17.0 Å². The number of hydrogen-bond acceptors (Lipinski definition) is 3. The Morgan fingerprint density at radius 3 is 2.41 bits per heavy atom. The zero-order valence-electron chi connectivity index (χ0n) is 12.6. The highest BCUT2D eigenvalue weighted by atomic mass is 35.5. The van der Waals surface area contributed by atoms with Gasteiger partial charge in [-0.3, -0.25) is 9.59 Å². The predicted octanol–water partition coefficient (Wildman–Crippen LogP) is 1.98. The van der Waals surface area contributed by atoms with E-state index in [1.54, 1.807) is 20.2 Å². The molecule has 0 atom stereocenters. The fourth-order valence-electron chi connectivity index (χ4n) is 1.57. The molecule has 7 nitrogen and oxygen atoms in total. The minimum absolute atomic E-state index is 0.0682. The second-order valence-corrected chi connectivity index (χ2v) is 5.30. The minimum atomic E-state index is -0.988. The van der Waals surface area contributed by atoms with E-state index < -0.39 is 11.9 Å². The van der Waals surface area contributed by atoms with Gasteiger partial charge in [0.1, 0.15) is 0 Å². The molecule has 2 N–H and O–H groups in total. The van der Waals surface area contributed by atoms with E-state index in [0.717, 1.165) is 0 Å². The van der Waals surface area contributed by atoms with Gasteiger partial charge in [-0.2, -0.15) is 0 Å². The molecular weight excluding hydrogens is 310 g/mol. The number of amides is 3. The van der Waals surface area contributed by atoms with E-state index in [1.165, 1.54) is 29.0 Å². The third kappa shape index (κ3) is 4.92. The highest BCUT2D eigenvalue weighted by Gasteiger charge is 2.17. The number of nitrogens with zero attached hydrogens (tertiary/aromatic N) is 2. The van der Waals surface area contributed by atoms with Crippen LogP contribution in [0.25, 0.3) is 0 Å². The SMILES string of the molecule is CN(C)C(=O)Nc1ccc(Cl)c(C(=O)N(C)CCC(=O)O)c1. The number of aliphatic carboxylic acids is 1. The monoisotopic (exact) mass is 327 g/mol. The lowest BCUT2D eigenvalue weighted by atomic mass is 10.1. The number of carboxylic acids is 1. The van der Waals surface area contributed by atoms with Gasteiger partial charge in [-0.15, -0.1) is 0 Å². The van der Waals surface area contributed by atoms with E-state index >= 15 is 0 Å².